The number of carbonyl (C=O) groups is 1. The Balaban J connectivity index is 1.96. The number of likely N-dealkylation sites (tertiary alicyclic amines) is 1. The number of benzene rings is 1. The van der Waals surface area contributed by atoms with Gasteiger partial charge in [0.25, 0.3) is 0 Å². The highest BCUT2D eigenvalue weighted by atomic mass is 127. The molecule has 0 unspecified atom stereocenters. The third kappa shape index (κ3) is 3.19. The molecule has 1 saturated heterocycles. The Labute approximate surface area is 115 Å². The van der Waals surface area contributed by atoms with E-state index in [1.165, 1.54) is 0 Å². The fourth-order valence-electron chi connectivity index (χ4n) is 2.12. The molecule has 2 rings (SSSR count). The molecular weight excluding hydrogens is 329 g/mol. The molecule has 0 saturated carbocycles. The smallest absolute Gasteiger partial charge is 0.227 e. The first-order valence-corrected chi connectivity index (χ1v) is 6.90. The summed E-state index contributed by atoms with van der Waals surface area (Å²) in [5.41, 5.74) is 1.09. The quantitative estimate of drug-likeness (QED) is 0.847. The topological polar surface area (TPSA) is 40.5 Å². The van der Waals surface area contributed by atoms with E-state index in [-0.39, 0.29) is 18.4 Å². The van der Waals surface area contributed by atoms with Gasteiger partial charge in [-0.15, -0.1) is 0 Å². The maximum Gasteiger partial charge on any atom is 0.227 e. The number of hydrogen-bond acceptors (Lipinski definition) is 2. The molecule has 92 valence electrons. The minimum Gasteiger partial charge on any atom is -0.396 e. The first-order chi connectivity index (χ1) is 8.20. The molecule has 1 aromatic carbocycles. The number of halogens is 1. The molecular formula is C13H16INO2. The molecule has 0 radical (unpaired) electrons. The van der Waals surface area contributed by atoms with Gasteiger partial charge in [0.2, 0.25) is 5.91 Å². The summed E-state index contributed by atoms with van der Waals surface area (Å²) in [5.74, 6) is 0.443. The number of nitrogens with zero attached hydrogens (tertiary/aromatic N) is 1. The Bertz CT molecular complexity index is 408. The number of aliphatic hydroxyl groups is 1. The van der Waals surface area contributed by atoms with Gasteiger partial charge in [0.1, 0.15) is 0 Å². The number of aliphatic hydroxyl groups excluding tert-OH is 1. The summed E-state index contributed by atoms with van der Waals surface area (Å²) in [5, 5.41) is 9.06. The number of amides is 1. The second-order valence-corrected chi connectivity index (χ2v) is 5.61. The molecule has 0 aliphatic carbocycles. The number of rotatable bonds is 3. The van der Waals surface area contributed by atoms with E-state index in [1.54, 1.807) is 0 Å². The van der Waals surface area contributed by atoms with Crippen LogP contribution in [0.5, 0.6) is 0 Å². The standard InChI is InChI=1S/C13H16INO2/c14-12-4-2-1-3-11(12)7-13(17)15-6-5-10(8-15)9-16/h1-4,10,16H,5-9H2/t10-/m0/s1. The molecule has 3 nitrogen and oxygen atoms in total. The SMILES string of the molecule is O=C(Cc1ccccc1I)N1CC[C@H](CO)C1. The van der Waals surface area contributed by atoms with Crippen LogP contribution in [-0.4, -0.2) is 35.6 Å². The zero-order valence-corrected chi connectivity index (χ0v) is 11.8. The molecule has 0 bridgehead atoms. The summed E-state index contributed by atoms with van der Waals surface area (Å²) in [6.07, 6.45) is 1.39. The van der Waals surface area contributed by atoms with Crippen molar-refractivity contribution in [2.24, 2.45) is 5.92 Å². The lowest BCUT2D eigenvalue weighted by Crippen LogP contribution is -2.30. The van der Waals surface area contributed by atoms with Crippen LogP contribution in [0.25, 0.3) is 0 Å². The van der Waals surface area contributed by atoms with Crippen LogP contribution >= 0.6 is 22.6 Å². The van der Waals surface area contributed by atoms with Gasteiger partial charge < -0.3 is 10.0 Å². The molecule has 1 fully saturated rings. The fourth-order valence-corrected chi connectivity index (χ4v) is 2.70. The van der Waals surface area contributed by atoms with Crippen molar-refractivity contribution < 1.29 is 9.90 Å². The van der Waals surface area contributed by atoms with Crippen LogP contribution in [-0.2, 0) is 11.2 Å². The van der Waals surface area contributed by atoms with Crippen molar-refractivity contribution in [2.75, 3.05) is 19.7 Å². The Kier molecular flexibility index (Phi) is 4.39. The third-order valence-corrected chi connectivity index (χ3v) is 4.25. The van der Waals surface area contributed by atoms with Gasteiger partial charge in [-0.25, -0.2) is 0 Å². The van der Waals surface area contributed by atoms with Crippen molar-refractivity contribution in [3.63, 3.8) is 0 Å². The van der Waals surface area contributed by atoms with Crippen LogP contribution < -0.4 is 0 Å². The highest BCUT2D eigenvalue weighted by Gasteiger charge is 2.25. The van der Waals surface area contributed by atoms with Gasteiger partial charge in [-0.1, -0.05) is 18.2 Å². The van der Waals surface area contributed by atoms with E-state index >= 15 is 0 Å². The fraction of sp³-hybridized carbons (Fsp3) is 0.462. The number of carbonyl (C=O) groups excluding carboxylic acids is 1. The van der Waals surface area contributed by atoms with Crippen molar-refractivity contribution in [3.05, 3.63) is 33.4 Å². The molecule has 1 N–H and O–H groups in total. The predicted molar refractivity (Wildman–Crippen MR) is 74.6 cm³/mol. The summed E-state index contributed by atoms with van der Waals surface area (Å²) < 4.78 is 1.14. The second-order valence-electron chi connectivity index (χ2n) is 4.45. The minimum atomic E-state index is 0.171. The van der Waals surface area contributed by atoms with Crippen molar-refractivity contribution in [3.8, 4) is 0 Å². The van der Waals surface area contributed by atoms with Crippen molar-refractivity contribution in [2.45, 2.75) is 12.8 Å². The Morgan fingerprint density at radius 3 is 2.88 bits per heavy atom. The Hall–Kier alpha value is -0.620. The monoisotopic (exact) mass is 345 g/mol. The molecule has 0 spiro atoms. The van der Waals surface area contributed by atoms with Crippen molar-refractivity contribution in [1.82, 2.24) is 4.90 Å². The van der Waals surface area contributed by atoms with E-state index in [1.807, 2.05) is 29.2 Å². The third-order valence-electron chi connectivity index (χ3n) is 3.20. The Morgan fingerprint density at radius 1 is 1.47 bits per heavy atom. The lowest BCUT2D eigenvalue weighted by Gasteiger charge is -2.16. The molecule has 1 aliphatic rings. The first kappa shape index (κ1) is 12.8. The molecule has 4 heteroatoms. The van der Waals surface area contributed by atoms with Gasteiger partial charge in [0, 0.05) is 29.2 Å². The summed E-state index contributed by atoms with van der Waals surface area (Å²) >= 11 is 2.26. The van der Waals surface area contributed by atoms with Crippen LogP contribution in [0.2, 0.25) is 0 Å². The van der Waals surface area contributed by atoms with E-state index < -0.39 is 0 Å². The average Bonchev–Trinajstić information content (AvgIpc) is 2.81. The number of hydrogen-bond donors (Lipinski definition) is 1. The van der Waals surface area contributed by atoms with E-state index in [4.69, 9.17) is 5.11 Å². The van der Waals surface area contributed by atoms with Gasteiger partial charge in [0.05, 0.1) is 6.42 Å². The van der Waals surface area contributed by atoms with Gasteiger partial charge >= 0.3 is 0 Å². The molecule has 1 aliphatic heterocycles. The first-order valence-electron chi connectivity index (χ1n) is 5.82. The van der Waals surface area contributed by atoms with Crippen LogP contribution in [0.4, 0.5) is 0 Å². The van der Waals surface area contributed by atoms with Crippen LogP contribution in [0.15, 0.2) is 24.3 Å². The molecule has 1 atom stereocenters. The zero-order chi connectivity index (χ0) is 12.3. The maximum atomic E-state index is 12.1. The molecule has 1 heterocycles. The van der Waals surface area contributed by atoms with Crippen LogP contribution in [0, 0.1) is 9.49 Å². The van der Waals surface area contributed by atoms with Gasteiger partial charge in [-0.05, 0) is 40.6 Å². The summed E-state index contributed by atoms with van der Waals surface area (Å²) in [6, 6.07) is 7.96. The van der Waals surface area contributed by atoms with Crippen molar-refractivity contribution >= 4 is 28.5 Å². The highest BCUT2D eigenvalue weighted by Crippen LogP contribution is 2.18. The minimum absolute atomic E-state index is 0.171. The molecule has 1 aromatic rings. The second kappa shape index (κ2) is 5.82. The summed E-state index contributed by atoms with van der Waals surface area (Å²) in [6.45, 7) is 1.68. The molecule has 0 aromatic heterocycles. The lowest BCUT2D eigenvalue weighted by molar-refractivity contribution is -0.129. The van der Waals surface area contributed by atoms with E-state index in [9.17, 15) is 4.79 Å². The normalized spacial score (nSPS) is 19.6. The average molecular weight is 345 g/mol. The predicted octanol–water partition coefficient (Wildman–Crippen LogP) is 1.67. The van der Waals surface area contributed by atoms with Crippen LogP contribution in [0.3, 0.4) is 0 Å². The Morgan fingerprint density at radius 2 is 2.24 bits per heavy atom. The summed E-state index contributed by atoms with van der Waals surface area (Å²) in [4.78, 5) is 13.9. The van der Waals surface area contributed by atoms with E-state index in [2.05, 4.69) is 22.6 Å². The van der Waals surface area contributed by atoms with E-state index in [0.717, 1.165) is 22.1 Å². The highest BCUT2D eigenvalue weighted by molar-refractivity contribution is 14.1. The summed E-state index contributed by atoms with van der Waals surface area (Å²) in [7, 11) is 0. The van der Waals surface area contributed by atoms with Crippen LogP contribution in [0.1, 0.15) is 12.0 Å². The van der Waals surface area contributed by atoms with Gasteiger partial charge in [-0.2, -0.15) is 0 Å². The van der Waals surface area contributed by atoms with E-state index in [0.29, 0.717) is 13.0 Å². The maximum absolute atomic E-state index is 12.1. The molecule has 1 amide bonds. The zero-order valence-electron chi connectivity index (χ0n) is 9.60. The van der Waals surface area contributed by atoms with Gasteiger partial charge in [-0.3, -0.25) is 4.79 Å². The lowest BCUT2D eigenvalue weighted by atomic mass is 10.1. The molecule has 17 heavy (non-hydrogen) atoms. The van der Waals surface area contributed by atoms with Crippen molar-refractivity contribution in [1.29, 1.82) is 0 Å². The van der Waals surface area contributed by atoms with Gasteiger partial charge in [0.15, 0.2) is 0 Å². The largest absolute Gasteiger partial charge is 0.396 e.